The molecule has 0 radical (unpaired) electrons. The SMILES string of the molecule is CCC1(C)CN(C(=O)C2c3ccccc3OC2(C)C)CCN1C(=O)C1=NCCC(C2=CC(C)CC=C2)C=N1. The minimum absolute atomic E-state index is 0.0578. The molecule has 1 saturated heterocycles. The van der Waals surface area contributed by atoms with Gasteiger partial charge in [0, 0.05) is 43.9 Å². The highest BCUT2D eigenvalue weighted by Crippen LogP contribution is 2.45. The largest absolute Gasteiger partial charge is 0.486 e. The Hall–Kier alpha value is -3.22. The highest BCUT2D eigenvalue weighted by Gasteiger charge is 2.50. The van der Waals surface area contributed by atoms with E-state index in [1.165, 1.54) is 5.57 Å². The number of amidine groups is 1. The number of ether oxygens (including phenoxy) is 1. The maximum absolute atomic E-state index is 13.9. The summed E-state index contributed by atoms with van der Waals surface area (Å²) in [7, 11) is 0. The first-order chi connectivity index (χ1) is 18.1. The number of hydrogen-bond donors (Lipinski definition) is 0. The van der Waals surface area contributed by atoms with Gasteiger partial charge in [-0.15, -0.1) is 0 Å². The van der Waals surface area contributed by atoms with E-state index in [0.29, 0.717) is 32.1 Å². The molecule has 5 rings (SSSR count). The molecule has 202 valence electrons. The number of nitrogens with zero attached hydrogens (tertiary/aromatic N) is 4. The minimum Gasteiger partial charge on any atom is -0.486 e. The summed E-state index contributed by atoms with van der Waals surface area (Å²) in [4.78, 5) is 40.7. The van der Waals surface area contributed by atoms with Gasteiger partial charge in [-0.3, -0.25) is 14.6 Å². The predicted molar refractivity (Wildman–Crippen MR) is 151 cm³/mol. The van der Waals surface area contributed by atoms with Crippen molar-refractivity contribution in [2.45, 2.75) is 70.9 Å². The van der Waals surface area contributed by atoms with Crippen LogP contribution < -0.4 is 4.74 Å². The van der Waals surface area contributed by atoms with Gasteiger partial charge >= 0.3 is 0 Å². The highest BCUT2D eigenvalue weighted by molar-refractivity contribution is 6.39. The van der Waals surface area contributed by atoms with Crippen molar-refractivity contribution >= 4 is 23.9 Å². The summed E-state index contributed by atoms with van der Waals surface area (Å²) in [6.07, 6.45) is 11.2. The Bertz CT molecular complexity index is 1230. The van der Waals surface area contributed by atoms with Crippen molar-refractivity contribution in [2.75, 3.05) is 26.2 Å². The van der Waals surface area contributed by atoms with Crippen molar-refractivity contribution in [3.63, 3.8) is 0 Å². The molecule has 0 N–H and O–H groups in total. The first-order valence-electron chi connectivity index (χ1n) is 14.0. The van der Waals surface area contributed by atoms with Crippen LogP contribution in [-0.2, 0) is 9.59 Å². The molecule has 38 heavy (non-hydrogen) atoms. The number of allylic oxidation sites excluding steroid dienone is 4. The second-order valence-electron chi connectivity index (χ2n) is 11.9. The highest BCUT2D eigenvalue weighted by atomic mass is 16.5. The van der Waals surface area contributed by atoms with Crippen molar-refractivity contribution in [1.82, 2.24) is 9.80 Å². The predicted octanol–water partition coefficient (Wildman–Crippen LogP) is 4.79. The summed E-state index contributed by atoms with van der Waals surface area (Å²) >= 11 is 0. The zero-order valence-corrected chi connectivity index (χ0v) is 23.3. The van der Waals surface area contributed by atoms with Gasteiger partial charge in [0.2, 0.25) is 11.7 Å². The molecule has 7 heteroatoms. The third-order valence-electron chi connectivity index (χ3n) is 8.63. The number of carbonyl (C=O) groups is 2. The lowest BCUT2D eigenvalue weighted by molar-refractivity contribution is -0.147. The van der Waals surface area contributed by atoms with Gasteiger partial charge in [-0.05, 0) is 57.6 Å². The average molecular weight is 517 g/mol. The van der Waals surface area contributed by atoms with Crippen LogP contribution in [0.15, 0.2) is 58.1 Å². The van der Waals surface area contributed by atoms with Crippen molar-refractivity contribution in [2.24, 2.45) is 21.8 Å². The topological polar surface area (TPSA) is 74.6 Å². The Kier molecular flexibility index (Phi) is 7.05. The number of hydrogen-bond acceptors (Lipinski definition) is 5. The summed E-state index contributed by atoms with van der Waals surface area (Å²) in [5.41, 5.74) is 1.06. The molecule has 1 fully saturated rings. The van der Waals surface area contributed by atoms with Gasteiger partial charge in [0.05, 0.1) is 5.54 Å². The Morgan fingerprint density at radius 3 is 2.71 bits per heavy atom. The van der Waals surface area contributed by atoms with E-state index in [0.717, 1.165) is 30.6 Å². The molecule has 4 aliphatic rings. The molecule has 0 saturated carbocycles. The Morgan fingerprint density at radius 1 is 1.16 bits per heavy atom. The molecule has 2 amide bonds. The lowest BCUT2D eigenvalue weighted by Gasteiger charge is -2.49. The van der Waals surface area contributed by atoms with E-state index in [1.807, 2.05) is 54.1 Å². The van der Waals surface area contributed by atoms with Gasteiger partial charge in [0.15, 0.2) is 0 Å². The normalized spacial score (nSPS) is 30.2. The molecule has 3 aliphatic heterocycles. The molecule has 0 bridgehead atoms. The van der Waals surface area contributed by atoms with E-state index in [9.17, 15) is 9.59 Å². The fourth-order valence-corrected chi connectivity index (χ4v) is 6.25. The van der Waals surface area contributed by atoms with E-state index in [2.05, 4.69) is 49.0 Å². The number of aliphatic imine (C=N–C) groups is 2. The van der Waals surface area contributed by atoms with E-state index in [4.69, 9.17) is 4.74 Å². The molecular weight excluding hydrogens is 476 g/mol. The van der Waals surface area contributed by atoms with E-state index in [1.54, 1.807) is 0 Å². The van der Waals surface area contributed by atoms with Crippen LogP contribution in [0, 0.1) is 11.8 Å². The third kappa shape index (κ3) is 4.83. The minimum atomic E-state index is -0.628. The Labute approximate surface area is 226 Å². The van der Waals surface area contributed by atoms with Crippen molar-refractivity contribution in [3.8, 4) is 5.75 Å². The second kappa shape index (κ2) is 10.2. The second-order valence-corrected chi connectivity index (χ2v) is 11.9. The number of benzene rings is 1. The molecule has 0 aromatic heterocycles. The van der Waals surface area contributed by atoms with E-state index < -0.39 is 11.1 Å². The first-order valence-corrected chi connectivity index (χ1v) is 14.0. The maximum Gasteiger partial charge on any atom is 0.291 e. The number of carbonyl (C=O) groups excluding carboxylic acids is 2. The van der Waals surface area contributed by atoms with Crippen LogP contribution in [-0.4, -0.2) is 71.0 Å². The Balaban J connectivity index is 1.31. The number of para-hydroxylation sites is 1. The van der Waals surface area contributed by atoms with Gasteiger partial charge in [-0.25, -0.2) is 4.99 Å². The van der Waals surface area contributed by atoms with Crippen molar-refractivity contribution < 1.29 is 14.3 Å². The molecule has 4 atom stereocenters. The van der Waals surface area contributed by atoms with Crippen molar-refractivity contribution in [1.29, 1.82) is 0 Å². The van der Waals surface area contributed by atoms with E-state index in [-0.39, 0.29) is 29.5 Å². The van der Waals surface area contributed by atoms with Crippen LogP contribution >= 0.6 is 0 Å². The van der Waals surface area contributed by atoms with Gasteiger partial charge in [-0.2, -0.15) is 0 Å². The van der Waals surface area contributed by atoms with Crippen LogP contribution in [0.1, 0.15) is 65.4 Å². The standard InChI is InChI=1S/C31H40N4O3/c1-6-31(5)20-34(28(36)26-24-12-7-8-13-25(24)38-30(26,3)4)16-17-35(31)29(37)27-32-15-14-23(19-33-27)22-11-9-10-21(2)18-22/h7-9,11-13,18-19,21,23,26H,6,10,14-17,20H2,1-5H3. The monoisotopic (exact) mass is 516 g/mol. The molecule has 1 aromatic carbocycles. The van der Waals surface area contributed by atoms with Gasteiger partial charge in [0.25, 0.3) is 5.91 Å². The summed E-state index contributed by atoms with van der Waals surface area (Å²) in [5.74, 6) is 1.29. The summed E-state index contributed by atoms with van der Waals surface area (Å²) in [6.45, 7) is 12.3. The average Bonchev–Trinajstić information content (AvgIpc) is 3.02. The molecule has 1 aliphatic carbocycles. The number of fused-ring (bicyclic) bond motifs is 1. The molecular formula is C31H40N4O3. The Morgan fingerprint density at radius 2 is 1.95 bits per heavy atom. The first kappa shape index (κ1) is 26.4. The molecule has 0 spiro atoms. The van der Waals surface area contributed by atoms with E-state index >= 15 is 0 Å². The smallest absolute Gasteiger partial charge is 0.291 e. The number of piperazine rings is 1. The third-order valence-corrected chi connectivity index (χ3v) is 8.63. The lowest BCUT2D eigenvalue weighted by atomic mass is 9.84. The number of amides is 2. The zero-order chi connectivity index (χ0) is 27.1. The fourth-order valence-electron chi connectivity index (χ4n) is 6.25. The number of rotatable bonds is 4. The van der Waals surface area contributed by atoms with Gasteiger partial charge < -0.3 is 14.5 Å². The van der Waals surface area contributed by atoms with Crippen LogP contribution in [0.3, 0.4) is 0 Å². The van der Waals surface area contributed by atoms with Gasteiger partial charge in [0.1, 0.15) is 17.3 Å². The van der Waals surface area contributed by atoms with Crippen molar-refractivity contribution in [3.05, 3.63) is 53.6 Å². The van der Waals surface area contributed by atoms with Crippen LogP contribution in [0.2, 0.25) is 0 Å². The van der Waals surface area contributed by atoms with Crippen LogP contribution in [0.4, 0.5) is 0 Å². The molecule has 1 aromatic rings. The molecule has 7 nitrogen and oxygen atoms in total. The molecule has 3 heterocycles. The fraction of sp³-hybridized carbons (Fsp3) is 0.548. The zero-order valence-electron chi connectivity index (χ0n) is 23.3. The maximum atomic E-state index is 13.9. The van der Waals surface area contributed by atoms with Crippen LogP contribution in [0.5, 0.6) is 5.75 Å². The summed E-state index contributed by atoms with van der Waals surface area (Å²) < 4.78 is 6.15. The summed E-state index contributed by atoms with van der Waals surface area (Å²) in [5, 5.41) is 0. The van der Waals surface area contributed by atoms with Crippen LogP contribution in [0.25, 0.3) is 0 Å². The molecule has 4 unspecified atom stereocenters. The lowest BCUT2D eigenvalue weighted by Crippen LogP contribution is -2.65. The quantitative estimate of drug-likeness (QED) is 0.577. The summed E-state index contributed by atoms with van der Waals surface area (Å²) in [6, 6.07) is 7.81. The van der Waals surface area contributed by atoms with Gasteiger partial charge in [-0.1, -0.05) is 50.3 Å².